The number of likely N-dealkylation sites (N-methyl/N-ethyl adjacent to an activating group) is 1. The van der Waals surface area contributed by atoms with Gasteiger partial charge in [0.1, 0.15) is 0 Å². The van der Waals surface area contributed by atoms with Crippen molar-refractivity contribution in [3.8, 4) is 0 Å². The number of benzene rings is 1. The summed E-state index contributed by atoms with van der Waals surface area (Å²) in [6.45, 7) is 0.811. The quantitative estimate of drug-likeness (QED) is 0.799. The average Bonchev–Trinajstić information content (AvgIpc) is 2.72. The number of aliphatic hydroxyl groups is 1. The maximum Gasteiger partial charge on any atom is 0.186 e. The number of nitrogen functional groups attached to an aromatic ring is 1. The van der Waals surface area contributed by atoms with Gasteiger partial charge >= 0.3 is 0 Å². The van der Waals surface area contributed by atoms with Gasteiger partial charge in [0.05, 0.1) is 22.9 Å². The topological polar surface area (TPSA) is 71.6 Å². The maximum absolute atomic E-state index is 9.69. The molecule has 1 aromatic carbocycles. The smallest absolute Gasteiger partial charge is 0.186 e. The average molecular weight is 267 g/mol. The van der Waals surface area contributed by atoms with E-state index in [1.165, 1.54) is 0 Å². The molecule has 0 spiro atoms. The molecule has 0 saturated carbocycles. The van der Waals surface area contributed by atoms with Gasteiger partial charge in [-0.3, -0.25) is 0 Å². The molecular weight excluding hydrogens is 250 g/mol. The SMILES string of the molecule is COCC(O)CN(C)c1nc2ccc(N)cc2s1. The molecule has 18 heavy (non-hydrogen) atoms. The molecule has 1 heterocycles. The van der Waals surface area contributed by atoms with Crippen LogP contribution in [-0.2, 0) is 4.74 Å². The van der Waals surface area contributed by atoms with Crippen LogP contribution in [0, 0.1) is 0 Å². The molecule has 0 fully saturated rings. The van der Waals surface area contributed by atoms with Gasteiger partial charge in [-0.2, -0.15) is 0 Å². The molecule has 3 N–H and O–H groups in total. The molecule has 0 aliphatic rings. The van der Waals surface area contributed by atoms with Gasteiger partial charge in [0.2, 0.25) is 0 Å². The molecule has 2 aromatic rings. The van der Waals surface area contributed by atoms with Crippen LogP contribution < -0.4 is 10.6 Å². The second-order valence-electron chi connectivity index (χ2n) is 4.21. The van der Waals surface area contributed by atoms with Crippen molar-refractivity contribution in [2.45, 2.75) is 6.10 Å². The number of hydrogen-bond acceptors (Lipinski definition) is 6. The number of nitrogens with zero attached hydrogens (tertiary/aromatic N) is 2. The Morgan fingerprint density at radius 3 is 3.06 bits per heavy atom. The van der Waals surface area contributed by atoms with Crippen molar-refractivity contribution in [2.75, 3.05) is 37.9 Å². The third kappa shape index (κ3) is 2.90. The fourth-order valence-corrected chi connectivity index (χ4v) is 2.72. The number of methoxy groups -OCH3 is 1. The lowest BCUT2D eigenvalue weighted by molar-refractivity contribution is 0.0695. The molecule has 0 aliphatic carbocycles. The van der Waals surface area contributed by atoms with Crippen molar-refractivity contribution < 1.29 is 9.84 Å². The van der Waals surface area contributed by atoms with Crippen molar-refractivity contribution in [2.24, 2.45) is 0 Å². The van der Waals surface area contributed by atoms with E-state index in [0.29, 0.717) is 13.2 Å². The highest BCUT2D eigenvalue weighted by Gasteiger charge is 2.12. The van der Waals surface area contributed by atoms with Crippen LogP contribution >= 0.6 is 11.3 Å². The molecule has 0 radical (unpaired) electrons. The van der Waals surface area contributed by atoms with Gasteiger partial charge in [-0.05, 0) is 18.2 Å². The first kappa shape index (κ1) is 13.1. The zero-order valence-electron chi connectivity index (χ0n) is 10.5. The number of aliphatic hydroxyl groups excluding tert-OH is 1. The minimum atomic E-state index is -0.517. The van der Waals surface area contributed by atoms with E-state index >= 15 is 0 Å². The first-order valence-corrected chi connectivity index (χ1v) is 6.46. The monoisotopic (exact) mass is 267 g/mol. The molecule has 6 heteroatoms. The highest BCUT2D eigenvalue weighted by atomic mass is 32.1. The van der Waals surface area contributed by atoms with E-state index in [2.05, 4.69) is 4.98 Å². The summed E-state index contributed by atoms with van der Waals surface area (Å²) in [5, 5.41) is 10.6. The Morgan fingerprint density at radius 1 is 1.56 bits per heavy atom. The van der Waals surface area contributed by atoms with Crippen LogP contribution in [0.15, 0.2) is 18.2 Å². The van der Waals surface area contributed by atoms with Crippen molar-refractivity contribution in [1.82, 2.24) is 4.98 Å². The fraction of sp³-hybridized carbons (Fsp3) is 0.417. The lowest BCUT2D eigenvalue weighted by Crippen LogP contribution is -2.31. The van der Waals surface area contributed by atoms with Crippen LogP contribution in [0.1, 0.15) is 0 Å². The third-order valence-electron chi connectivity index (χ3n) is 2.57. The first-order chi connectivity index (χ1) is 8.60. The van der Waals surface area contributed by atoms with Gasteiger partial charge in [-0.25, -0.2) is 4.98 Å². The van der Waals surface area contributed by atoms with E-state index in [0.717, 1.165) is 21.0 Å². The largest absolute Gasteiger partial charge is 0.399 e. The second-order valence-corrected chi connectivity index (χ2v) is 5.22. The Labute approximate surface area is 110 Å². The van der Waals surface area contributed by atoms with Crippen LogP contribution in [0.2, 0.25) is 0 Å². The van der Waals surface area contributed by atoms with Gasteiger partial charge in [0.25, 0.3) is 0 Å². The lowest BCUT2D eigenvalue weighted by Gasteiger charge is -2.19. The van der Waals surface area contributed by atoms with E-state index in [1.807, 2.05) is 30.1 Å². The molecular formula is C12H17N3O2S. The number of hydrogen-bond donors (Lipinski definition) is 2. The summed E-state index contributed by atoms with van der Waals surface area (Å²) >= 11 is 1.56. The first-order valence-electron chi connectivity index (χ1n) is 5.64. The van der Waals surface area contributed by atoms with Gasteiger partial charge in [0, 0.05) is 26.4 Å². The van der Waals surface area contributed by atoms with Crippen molar-refractivity contribution >= 4 is 32.4 Å². The standard InChI is InChI=1S/C12H17N3O2S/c1-15(6-9(16)7-17-2)12-14-10-4-3-8(13)5-11(10)18-12/h3-5,9,16H,6-7,13H2,1-2H3. The summed E-state index contributed by atoms with van der Waals surface area (Å²) in [4.78, 5) is 6.43. The predicted molar refractivity (Wildman–Crippen MR) is 75.2 cm³/mol. The summed E-state index contributed by atoms with van der Waals surface area (Å²) in [6.07, 6.45) is -0.517. The van der Waals surface area contributed by atoms with E-state index < -0.39 is 6.10 Å². The van der Waals surface area contributed by atoms with Gasteiger partial charge in [-0.1, -0.05) is 11.3 Å². The highest BCUT2D eigenvalue weighted by molar-refractivity contribution is 7.22. The molecule has 2 rings (SSSR count). The Morgan fingerprint density at radius 2 is 2.33 bits per heavy atom. The number of fused-ring (bicyclic) bond motifs is 1. The normalized spacial score (nSPS) is 12.8. The van der Waals surface area contributed by atoms with Crippen LogP contribution in [0.4, 0.5) is 10.8 Å². The molecule has 0 saturated heterocycles. The van der Waals surface area contributed by atoms with E-state index in [9.17, 15) is 5.11 Å². The zero-order valence-corrected chi connectivity index (χ0v) is 11.3. The molecule has 5 nitrogen and oxygen atoms in total. The van der Waals surface area contributed by atoms with E-state index in [1.54, 1.807) is 18.4 Å². The fourth-order valence-electron chi connectivity index (χ4n) is 1.73. The predicted octanol–water partition coefficient (Wildman–Crippen LogP) is 1.32. The zero-order chi connectivity index (χ0) is 13.1. The number of rotatable bonds is 5. The highest BCUT2D eigenvalue weighted by Crippen LogP contribution is 2.29. The number of nitrogens with two attached hydrogens (primary N) is 1. The molecule has 98 valence electrons. The Balaban J connectivity index is 2.15. The summed E-state index contributed by atoms with van der Waals surface area (Å²) in [5.41, 5.74) is 7.40. The molecule has 1 atom stereocenters. The molecule has 0 amide bonds. The van der Waals surface area contributed by atoms with E-state index in [-0.39, 0.29) is 0 Å². The van der Waals surface area contributed by atoms with Gasteiger partial charge in [-0.15, -0.1) is 0 Å². The number of thiazole rings is 1. The Kier molecular flexibility index (Phi) is 4.00. The van der Waals surface area contributed by atoms with Crippen molar-refractivity contribution in [1.29, 1.82) is 0 Å². The summed E-state index contributed by atoms with van der Waals surface area (Å²) < 4.78 is 5.96. The van der Waals surface area contributed by atoms with Gasteiger partial charge in [0.15, 0.2) is 5.13 Å². The van der Waals surface area contributed by atoms with Crippen LogP contribution in [0.25, 0.3) is 10.2 Å². The molecule has 1 unspecified atom stereocenters. The second kappa shape index (κ2) is 5.51. The van der Waals surface area contributed by atoms with Crippen LogP contribution in [0.5, 0.6) is 0 Å². The summed E-state index contributed by atoms with van der Waals surface area (Å²) in [5.74, 6) is 0. The minimum absolute atomic E-state index is 0.322. The summed E-state index contributed by atoms with van der Waals surface area (Å²) in [6, 6.07) is 5.66. The number of anilines is 2. The van der Waals surface area contributed by atoms with Crippen molar-refractivity contribution in [3.63, 3.8) is 0 Å². The number of aromatic nitrogens is 1. The lowest BCUT2D eigenvalue weighted by atomic mass is 10.3. The molecule has 0 bridgehead atoms. The maximum atomic E-state index is 9.69. The molecule has 1 aromatic heterocycles. The Hall–Kier alpha value is -1.37. The Bertz CT molecular complexity index is 529. The van der Waals surface area contributed by atoms with Crippen molar-refractivity contribution in [3.05, 3.63) is 18.2 Å². The minimum Gasteiger partial charge on any atom is -0.399 e. The van der Waals surface area contributed by atoms with Crippen LogP contribution in [-0.4, -0.2) is 43.5 Å². The third-order valence-corrected chi connectivity index (χ3v) is 3.70. The van der Waals surface area contributed by atoms with Gasteiger partial charge < -0.3 is 20.5 Å². The van der Waals surface area contributed by atoms with Crippen LogP contribution in [0.3, 0.4) is 0 Å². The number of ether oxygens (including phenoxy) is 1. The summed E-state index contributed by atoms with van der Waals surface area (Å²) in [7, 11) is 3.48. The molecule has 0 aliphatic heterocycles. The van der Waals surface area contributed by atoms with E-state index in [4.69, 9.17) is 10.5 Å².